The van der Waals surface area contributed by atoms with Crippen LogP contribution in [0.1, 0.15) is 16.7 Å². The Morgan fingerprint density at radius 1 is 1.03 bits per heavy atom. The normalized spacial score (nSPS) is 15.2. The van der Waals surface area contributed by atoms with Crippen LogP contribution in [0.2, 0.25) is 5.02 Å². The maximum atomic E-state index is 14.4. The van der Waals surface area contributed by atoms with Crippen LogP contribution in [0, 0.1) is 19.7 Å². The zero-order valence-corrected chi connectivity index (χ0v) is 18.2. The zero-order valence-electron chi connectivity index (χ0n) is 16.6. The van der Waals surface area contributed by atoms with Crippen molar-refractivity contribution in [1.29, 1.82) is 0 Å². The van der Waals surface area contributed by atoms with Crippen LogP contribution in [0.5, 0.6) is 5.75 Å². The molecule has 0 atom stereocenters. The van der Waals surface area contributed by atoms with Gasteiger partial charge in [0.25, 0.3) is 10.0 Å². The van der Waals surface area contributed by atoms with E-state index in [1.165, 1.54) is 47.4 Å². The van der Waals surface area contributed by atoms with Crippen molar-refractivity contribution >= 4 is 39.0 Å². The second kappa shape index (κ2) is 7.55. The first-order valence-corrected chi connectivity index (χ1v) is 11.1. The number of phenolic OH excluding ortho intramolecular Hbond substituents is 1. The number of sulfonamides is 1. The van der Waals surface area contributed by atoms with Crippen LogP contribution in [-0.4, -0.2) is 19.6 Å². The standard InChI is InChI=1S/C22H18ClFN2O4S/c1-13-10-15(11-14(2)21(13)27)26-22(28)25(12-16-17(23)6-5-7-18(16)24)19-8-3-4-9-20(19)31(26,29)30/h3-11,27H,12H2,1-2H3. The smallest absolute Gasteiger partial charge is 0.343 e. The number of rotatable bonds is 3. The third-order valence-electron chi connectivity index (χ3n) is 5.17. The third kappa shape index (κ3) is 3.41. The molecule has 3 aromatic carbocycles. The maximum Gasteiger partial charge on any atom is 0.343 e. The van der Waals surface area contributed by atoms with Gasteiger partial charge in [-0.25, -0.2) is 17.6 Å². The lowest BCUT2D eigenvalue weighted by molar-refractivity contribution is 0.253. The van der Waals surface area contributed by atoms with E-state index in [1.807, 2.05) is 0 Å². The Balaban J connectivity index is 1.92. The SMILES string of the molecule is Cc1cc(N2C(=O)N(Cc3c(F)cccc3Cl)c3ccccc3S2(=O)=O)cc(C)c1O. The predicted octanol–water partition coefficient (Wildman–Crippen LogP) is 5.14. The first-order chi connectivity index (χ1) is 14.6. The molecule has 0 unspecified atom stereocenters. The van der Waals surface area contributed by atoms with Gasteiger partial charge in [-0.1, -0.05) is 29.8 Å². The fourth-order valence-electron chi connectivity index (χ4n) is 3.61. The van der Waals surface area contributed by atoms with Crippen LogP contribution >= 0.6 is 11.6 Å². The average molecular weight is 461 g/mol. The minimum atomic E-state index is -4.24. The Morgan fingerprint density at radius 2 is 1.68 bits per heavy atom. The van der Waals surface area contributed by atoms with Gasteiger partial charge in [-0.05, 0) is 61.4 Å². The Morgan fingerprint density at radius 3 is 2.32 bits per heavy atom. The van der Waals surface area contributed by atoms with Crippen LogP contribution in [0.25, 0.3) is 0 Å². The highest BCUT2D eigenvalue weighted by atomic mass is 35.5. The highest BCUT2D eigenvalue weighted by molar-refractivity contribution is 7.94. The Kier molecular flexibility index (Phi) is 5.15. The van der Waals surface area contributed by atoms with Crippen molar-refractivity contribution in [3.05, 3.63) is 82.1 Å². The zero-order chi connectivity index (χ0) is 22.5. The summed E-state index contributed by atoms with van der Waals surface area (Å²) < 4.78 is 41.9. The molecule has 9 heteroatoms. The molecule has 0 aromatic heterocycles. The summed E-state index contributed by atoms with van der Waals surface area (Å²) in [6.45, 7) is 2.96. The van der Waals surface area contributed by atoms with E-state index in [-0.39, 0.29) is 39.2 Å². The summed E-state index contributed by atoms with van der Waals surface area (Å²) in [5, 5.41) is 10.2. The van der Waals surface area contributed by atoms with Gasteiger partial charge < -0.3 is 5.11 Å². The monoisotopic (exact) mass is 460 g/mol. The van der Waals surface area contributed by atoms with Crippen LogP contribution < -0.4 is 9.21 Å². The van der Waals surface area contributed by atoms with Crippen LogP contribution in [0.4, 0.5) is 20.6 Å². The average Bonchev–Trinajstić information content (AvgIpc) is 2.71. The number of hydrogen-bond acceptors (Lipinski definition) is 4. The van der Waals surface area contributed by atoms with Gasteiger partial charge in [0.05, 0.1) is 17.9 Å². The van der Waals surface area contributed by atoms with Crippen molar-refractivity contribution in [2.24, 2.45) is 0 Å². The molecular formula is C22H18ClFN2O4S. The second-order valence-corrected chi connectivity index (χ2v) is 9.40. The van der Waals surface area contributed by atoms with E-state index in [1.54, 1.807) is 26.0 Å². The molecule has 31 heavy (non-hydrogen) atoms. The molecule has 0 bridgehead atoms. The largest absolute Gasteiger partial charge is 0.507 e. The van der Waals surface area contributed by atoms with E-state index >= 15 is 0 Å². The van der Waals surface area contributed by atoms with Crippen molar-refractivity contribution in [1.82, 2.24) is 0 Å². The van der Waals surface area contributed by atoms with Gasteiger partial charge >= 0.3 is 6.03 Å². The number of phenols is 1. The minimum absolute atomic E-state index is 0.0148. The van der Waals surface area contributed by atoms with Gasteiger partial charge in [-0.3, -0.25) is 4.90 Å². The van der Waals surface area contributed by atoms with E-state index < -0.39 is 21.9 Å². The highest BCUT2D eigenvalue weighted by Gasteiger charge is 2.43. The molecule has 1 N–H and O–H groups in total. The van der Waals surface area contributed by atoms with Crippen molar-refractivity contribution in [3.63, 3.8) is 0 Å². The highest BCUT2D eigenvalue weighted by Crippen LogP contribution is 2.40. The molecule has 0 spiro atoms. The second-order valence-electron chi connectivity index (χ2n) is 7.23. The molecule has 0 aliphatic carbocycles. The molecule has 6 nitrogen and oxygen atoms in total. The number of carbonyl (C=O) groups excluding carboxylic acids is 1. The summed E-state index contributed by atoms with van der Waals surface area (Å²) in [5.41, 5.74) is 1.12. The van der Waals surface area contributed by atoms with E-state index in [0.717, 1.165) is 0 Å². The number of fused-ring (bicyclic) bond motifs is 1. The van der Waals surface area contributed by atoms with E-state index in [2.05, 4.69) is 0 Å². The molecule has 3 aromatic rings. The number of urea groups is 1. The van der Waals surface area contributed by atoms with Crippen LogP contribution in [0.15, 0.2) is 59.5 Å². The molecule has 4 rings (SSSR count). The van der Waals surface area contributed by atoms with Gasteiger partial charge in [0.1, 0.15) is 16.5 Å². The number of carbonyl (C=O) groups is 1. The number of amides is 2. The minimum Gasteiger partial charge on any atom is -0.507 e. The molecule has 2 amide bonds. The number of halogens is 2. The van der Waals surface area contributed by atoms with Gasteiger partial charge in [0, 0.05) is 10.6 Å². The molecular weight excluding hydrogens is 443 g/mol. The van der Waals surface area contributed by atoms with Crippen molar-refractivity contribution in [2.75, 3.05) is 9.21 Å². The van der Waals surface area contributed by atoms with E-state index in [0.29, 0.717) is 15.4 Å². The maximum absolute atomic E-state index is 14.4. The fourth-order valence-corrected chi connectivity index (χ4v) is 5.41. The summed E-state index contributed by atoms with van der Waals surface area (Å²) in [4.78, 5) is 14.6. The number of benzene rings is 3. The van der Waals surface area contributed by atoms with Crippen LogP contribution in [-0.2, 0) is 16.6 Å². The van der Waals surface area contributed by atoms with Gasteiger partial charge in [-0.2, -0.15) is 4.31 Å². The quantitative estimate of drug-likeness (QED) is 0.587. The van der Waals surface area contributed by atoms with Crippen molar-refractivity contribution in [3.8, 4) is 5.75 Å². The molecule has 1 aliphatic rings. The molecule has 160 valence electrons. The molecule has 0 fully saturated rings. The molecule has 0 radical (unpaired) electrons. The summed E-state index contributed by atoms with van der Waals surface area (Å²) in [6.07, 6.45) is 0. The molecule has 1 heterocycles. The summed E-state index contributed by atoms with van der Waals surface area (Å²) in [7, 11) is -4.24. The number of hydrogen-bond donors (Lipinski definition) is 1. The van der Waals surface area contributed by atoms with E-state index in [4.69, 9.17) is 11.6 Å². The number of aromatic hydroxyl groups is 1. The van der Waals surface area contributed by atoms with Crippen molar-refractivity contribution in [2.45, 2.75) is 25.3 Å². The number of nitrogens with zero attached hydrogens (tertiary/aromatic N) is 2. The predicted molar refractivity (Wildman–Crippen MR) is 117 cm³/mol. The van der Waals surface area contributed by atoms with E-state index in [9.17, 15) is 22.7 Å². The lowest BCUT2D eigenvalue weighted by atomic mass is 10.1. The lowest BCUT2D eigenvalue weighted by Gasteiger charge is -2.36. The molecule has 0 saturated heterocycles. The fraction of sp³-hybridized carbons (Fsp3) is 0.136. The van der Waals surface area contributed by atoms with Gasteiger partial charge in [0.2, 0.25) is 0 Å². The third-order valence-corrected chi connectivity index (χ3v) is 7.27. The Labute approximate surface area is 184 Å². The molecule has 1 aliphatic heterocycles. The lowest BCUT2D eigenvalue weighted by Crippen LogP contribution is -2.50. The number of aryl methyl sites for hydroxylation is 2. The summed E-state index contributed by atoms with van der Waals surface area (Å²) in [6, 6.07) is 12.2. The topological polar surface area (TPSA) is 77.9 Å². The van der Waals surface area contributed by atoms with Gasteiger partial charge in [-0.15, -0.1) is 0 Å². The van der Waals surface area contributed by atoms with Gasteiger partial charge in [0.15, 0.2) is 0 Å². The summed E-state index contributed by atoms with van der Waals surface area (Å²) in [5.74, 6) is -0.588. The Hall–Kier alpha value is -3.10. The van der Waals surface area contributed by atoms with Crippen LogP contribution in [0.3, 0.4) is 0 Å². The Bertz CT molecular complexity index is 1280. The molecule has 0 saturated carbocycles. The first kappa shape index (κ1) is 21.1. The number of anilines is 2. The first-order valence-electron chi connectivity index (χ1n) is 9.32. The summed E-state index contributed by atoms with van der Waals surface area (Å²) >= 11 is 6.15. The number of para-hydroxylation sites is 1. The van der Waals surface area contributed by atoms with Crippen molar-refractivity contribution < 1.29 is 22.7 Å².